The first-order chi connectivity index (χ1) is 10.2. The maximum absolute atomic E-state index is 11.1. The predicted octanol–water partition coefficient (Wildman–Crippen LogP) is 2.70. The molecule has 21 heavy (non-hydrogen) atoms. The molecule has 1 aromatic heterocycles. The molecule has 6 nitrogen and oxygen atoms in total. The third-order valence-electron chi connectivity index (χ3n) is 4.05. The molecule has 6 heteroatoms. The number of non-ortho nitro benzene ring substituents is 1. The molecule has 0 radical (unpaired) electrons. The molecule has 2 heterocycles. The summed E-state index contributed by atoms with van der Waals surface area (Å²) in [6, 6.07) is 7.68. The average molecular weight is 286 g/mol. The maximum atomic E-state index is 11.1. The van der Waals surface area contributed by atoms with E-state index in [2.05, 4.69) is 22.5 Å². The van der Waals surface area contributed by atoms with Crippen molar-refractivity contribution in [1.29, 1.82) is 0 Å². The van der Waals surface area contributed by atoms with Crippen LogP contribution < -0.4 is 10.6 Å². The van der Waals surface area contributed by atoms with Crippen molar-refractivity contribution in [3.05, 3.63) is 40.6 Å². The Kier molecular flexibility index (Phi) is 3.70. The zero-order valence-electron chi connectivity index (χ0n) is 11.9. The zero-order valence-corrected chi connectivity index (χ0v) is 11.9. The number of fused-ring (bicyclic) bond motifs is 1. The van der Waals surface area contributed by atoms with Gasteiger partial charge >= 0.3 is 0 Å². The summed E-state index contributed by atoms with van der Waals surface area (Å²) in [7, 11) is 0. The molecule has 0 aliphatic carbocycles. The number of aromatic nitrogens is 1. The van der Waals surface area contributed by atoms with Crippen LogP contribution in [-0.2, 0) is 0 Å². The lowest BCUT2D eigenvalue weighted by molar-refractivity contribution is -0.383. The second-order valence-corrected chi connectivity index (χ2v) is 5.42. The Hall–Kier alpha value is -2.21. The molecule has 0 amide bonds. The number of pyridine rings is 1. The molecule has 2 aromatic rings. The van der Waals surface area contributed by atoms with E-state index < -0.39 is 0 Å². The molecule has 1 saturated heterocycles. The minimum Gasteiger partial charge on any atom is -0.380 e. The zero-order chi connectivity index (χ0) is 14.8. The highest BCUT2D eigenvalue weighted by atomic mass is 16.6. The number of nitro benzene ring substituents is 1. The summed E-state index contributed by atoms with van der Waals surface area (Å²) < 4.78 is 0. The van der Waals surface area contributed by atoms with E-state index in [1.807, 2.05) is 6.07 Å². The van der Waals surface area contributed by atoms with Gasteiger partial charge in [0.15, 0.2) is 0 Å². The van der Waals surface area contributed by atoms with Gasteiger partial charge in [0.05, 0.1) is 4.92 Å². The van der Waals surface area contributed by atoms with Crippen LogP contribution in [0.25, 0.3) is 10.9 Å². The molecular weight excluding hydrogens is 268 g/mol. The fourth-order valence-electron chi connectivity index (χ4n) is 2.87. The number of hydrogen-bond acceptors (Lipinski definition) is 5. The van der Waals surface area contributed by atoms with Crippen LogP contribution in [-0.4, -0.2) is 28.5 Å². The van der Waals surface area contributed by atoms with Crippen molar-refractivity contribution in [2.24, 2.45) is 0 Å². The minimum atomic E-state index is -0.385. The van der Waals surface area contributed by atoms with E-state index in [0.717, 1.165) is 30.5 Å². The lowest BCUT2D eigenvalue weighted by Crippen LogP contribution is -2.46. The number of anilines is 1. The Bertz CT molecular complexity index is 674. The first-order valence-electron chi connectivity index (χ1n) is 7.19. The van der Waals surface area contributed by atoms with E-state index in [0.29, 0.717) is 17.6 Å². The smallest absolute Gasteiger partial charge is 0.295 e. The van der Waals surface area contributed by atoms with E-state index in [9.17, 15) is 10.1 Å². The summed E-state index contributed by atoms with van der Waals surface area (Å²) in [4.78, 5) is 14.9. The van der Waals surface area contributed by atoms with Gasteiger partial charge in [-0.05, 0) is 44.5 Å². The second kappa shape index (κ2) is 5.65. The van der Waals surface area contributed by atoms with Gasteiger partial charge in [0, 0.05) is 35.4 Å². The predicted molar refractivity (Wildman–Crippen MR) is 82.5 cm³/mol. The van der Waals surface area contributed by atoms with Gasteiger partial charge in [0.2, 0.25) is 0 Å². The van der Waals surface area contributed by atoms with Crippen LogP contribution >= 0.6 is 0 Å². The Labute approximate surface area is 122 Å². The van der Waals surface area contributed by atoms with Gasteiger partial charge < -0.3 is 10.6 Å². The highest BCUT2D eigenvalue weighted by Crippen LogP contribution is 2.30. The van der Waals surface area contributed by atoms with Crippen LogP contribution in [0.2, 0.25) is 0 Å². The van der Waals surface area contributed by atoms with Crippen LogP contribution in [0.4, 0.5) is 11.4 Å². The number of rotatable bonds is 3. The maximum Gasteiger partial charge on any atom is 0.295 e. The standard InChI is InChI=1S/C15H18N4O2/c1-10-12(5-3-8-16-10)18-13-6-7-14(19(20)21)15-11(13)4-2-9-17-15/h2,4,6-7,9-10,12,16,18H,3,5,8H2,1H3. The Morgan fingerprint density at radius 3 is 3.05 bits per heavy atom. The summed E-state index contributed by atoms with van der Waals surface area (Å²) in [5.41, 5.74) is 1.39. The van der Waals surface area contributed by atoms with Crippen LogP contribution in [0, 0.1) is 10.1 Å². The van der Waals surface area contributed by atoms with Crippen molar-refractivity contribution >= 4 is 22.3 Å². The van der Waals surface area contributed by atoms with E-state index in [4.69, 9.17) is 0 Å². The minimum absolute atomic E-state index is 0.0472. The highest BCUT2D eigenvalue weighted by Gasteiger charge is 2.22. The SMILES string of the molecule is CC1NCCCC1Nc1ccc([N+](=O)[O-])c2ncccc12. The Morgan fingerprint density at radius 2 is 2.29 bits per heavy atom. The monoisotopic (exact) mass is 286 g/mol. The molecule has 2 N–H and O–H groups in total. The van der Waals surface area contributed by atoms with Gasteiger partial charge in [-0.15, -0.1) is 0 Å². The van der Waals surface area contributed by atoms with E-state index in [1.165, 1.54) is 6.07 Å². The van der Waals surface area contributed by atoms with Gasteiger partial charge in [-0.3, -0.25) is 10.1 Å². The first kappa shape index (κ1) is 13.8. The van der Waals surface area contributed by atoms with Gasteiger partial charge in [-0.2, -0.15) is 0 Å². The van der Waals surface area contributed by atoms with Crippen molar-refractivity contribution in [1.82, 2.24) is 10.3 Å². The van der Waals surface area contributed by atoms with Gasteiger partial charge in [0.25, 0.3) is 5.69 Å². The molecule has 0 saturated carbocycles. The third kappa shape index (κ3) is 2.67. The third-order valence-corrected chi connectivity index (χ3v) is 4.05. The van der Waals surface area contributed by atoms with Crippen molar-refractivity contribution in [3.63, 3.8) is 0 Å². The fraction of sp³-hybridized carbons (Fsp3) is 0.400. The number of nitrogens with zero attached hydrogens (tertiary/aromatic N) is 2. The molecule has 1 fully saturated rings. The normalized spacial score (nSPS) is 22.1. The summed E-state index contributed by atoms with van der Waals surface area (Å²) in [5.74, 6) is 0. The van der Waals surface area contributed by atoms with Crippen LogP contribution in [0.3, 0.4) is 0 Å². The van der Waals surface area contributed by atoms with Crippen molar-refractivity contribution in [3.8, 4) is 0 Å². The molecule has 2 unspecified atom stereocenters. The molecule has 0 bridgehead atoms. The molecule has 2 atom stereocenters. The van der Waals surface area contributed by atoms with Crippen molar-refractivity contribution < 1.29 is 4.92 Å². The van der Waals surface area contributed by atoms with Gasteiger partial charge in [-0.1, -0.05) is 0 Å². The molecule has 1 aromatic carbocycles. The Balaban J connectivity index is 1.99. The van der Waals surface area contributed by atoms with E-state index >= 15 is 0 Å². The highest BCUT2D eigenvalue weighted by molar-refractivity contribution is 5.97. The second-order valence-electron chi connectivity index (χ2n) is 5.42. The molecule has 3 rings (SSSR count). The summed E-state index contributed by atoms with van der Waals surface area (Å²) in [6.45, 7) is 3.20. The van der Waals surface area contributed by atoms with Crippen molar-refractivity contribution in [2.45, 2.75) is 31.8 Å². The van der Waals surface area contributed by atoms with E-state index in [1.54, 1.807) is 18.3 Å². The summed E-state index contributed by atoms with van der Waals surface area (Å²) in [6.07, 6.45) is 3.81. The van der Waals surface area contributed by atoms with E-state index in [-0.39, 0.29) is 10.6 Å². The van der Waals surface area contributed by atoms with Gasteiger partial charge in [-0.25, -0.2) is 4.98 Å². The summed E-state index contributed by atoms with van der Waals surface area (Å²) >= 11 is 0. The number of nitro groups is 1. The lowest BCUT2D eigenvalue weighted by Gasteiger charge is -2.31. The lowest BCUT2D eigenvalue weighted by atomic mass is 9.99. The van der Waals surface area contributed by atoms with Crippen LogP contribution in [0.15, 0.2) is 30.5 Å². The molecule has 1 aliphatic rings. The molecule has 1 aliphatic heterocycles. The fourth-order valence-corrected chi connectivity index (χ4v) is 2.87. The Morgan fingerprint density at radius 1 is 1.43 bits per heavy atom. The summed E-state index contributed by atoms with van der Waals surface area (Å²) in [5, 5.41) is 18.9. The number of hydrogen-bond donors (Lipinski definition) is 2. The van der Waals surface area contributed by atoms with Gasteiger partial charge in [0.1, 0.15) is 5.52 Å². The van der Waals surface area contributed by atoms with Crippen LogP contribution in [0.1, 0.15) is 19.8 Å². The molecule has 0 spiro atoms. The molecule has 110 valence electrons. The average Bonchev–Trinajstić information content (AvgIpc) is 2.49. The first-order valence-corrected chi connectivity index (χ1v) is 7.19. The van der Waals surface area contributed by atoms with Crippen molar-refractivity contribution in [2.75, 3.05) is 11.9 Å². The topological polar surface area (TPSA) is 80.1 Å². The quantitative estimate of drug-likeness (QED) is 0.670. The number of benzene rings is 1. The molecular formula is C15H18N4O2. The number of nitrogens with one attached hydrogen (secondary N) is 2. The van der Waals surface area contributed by atoms with Crippen LogP contribution in [0.5, 0.6) is 0 Å². The largest absolute Gasteiger partial charge is 0.380 e. The number of piperidine rings is 1.